The molecule has 1 heterocycles. The molecule has 110 valence electrons. The van der Waals surface area contributed by atoms with Gasteiger partial charge in [0.1, 0.15) is 0 Å². The van der Waals surface area contributed by atoms with E-state index in [1.165, 1.54) is 37.8 Å². The van der Waals surface area contributed by atoms with Crippen LogP contribution in [-0.2, 0) is 10.2 Å². The Balaban J connectivity index is 1.69. The zero-order chi connectivity index (χ0) is 14.2. The summed E-state index contributed by atoms with van der Waals surface area (Å²) in [4.78, 5) is 2.59. The normalized spacial score (nSPS) is 29.3. The second kappa shape index (κ2) is 5.05. The van der Waals surface area contributed by atoms with E-state index in [0.29, 0.717) is 5.41 Å². The Labute approximate surface area is 122 Å². The maximum Gasteiger partial charge on any atom is 0.0777 e. The number of nitrogen functional groups attached to an aromatic ring is 1. The van der Waals surface area contributed by atoms with Gasteiger partial charge in [-0.15, -0.1) is 0 Å². The van der Waals surface area contributed by atoms with Crippen molar-refractivity contribution < 1.29 is 4.74 Å². The second-order valence-corrected chi connectivity index (χ2v) is 6.87. The van der Waals surface area contributed by atoms with Crippen LogP contribution >= 0.6 is 0 Å². The van der Waals surface area contributed by atoms with Gasteiger partial charge < -0.3 is 10.5 Å². The number of nitrogens with two attached hydrogens (primary N) is 1. The molecule has 1 unspecified atom stereocenters. The monoisotopic (exact) mass is 274 g/mol. The number of likely N-dealkylation sites (tertiary alicyclic amines) is 1. The smallest absolute Gasteiger partial charge is 0.0777 e. The highest BCUT2D eigenvalue weighted by Crippen LogP contribution is 2.49. The average molecular weight is 274 g/mol. The number of methoxy groups -OCH3 is 1. The molecule has 3 heteroatoms. The van der Waals surface area contributed by atoms with Gasteiger partial charge in [0.15, 0.2) is 0 Å². The predicted molar refractivity (Wildman–Crippen MR) is 82.9 cm³/mol. The highest BCUT2D eigenvalue weighted by molar-refractivity contribution is 5.43. The molecule has 2 N–H and O–H groups in total. The van der Waals surface area contributed by atoms with Crippen molar-refractivity contribution in [3.05, 3.63) is 29.8 Å². The first-order valence-electron chi connectivity index (χ1n) is 7.69. The summed E-state index contributed by atoms with van der Waals surface area (Å²) in [5, 5.41) is 0. The zero-order valence-electron chi connectivity index (χ0n) is 12.7. The maximum atomic E-state index is 5.80. The first-order chi connectivity index (χ1) is 9.55. The number of hydrogen-bond acceptors (Lipinski definition) is 3. The maximum absolute atomic E-state index is 5.80. The van der Waals surface area contributed by atoms with Gasteiger partial charge in [-0.3, -0.25) is 4.90 Å². The number of nitrogens with zero attached hydrogens (tertiary/aromatic N) is 1. The molecule has 20 heavy (non-hydrogen) atoms. The summed E-state index contributed by atoms with van der Waals surface area (Å²) in [5.74, 6) is 0. The lowest BCUT2D eigenvalue weighted by atomic mass is 9.90. The highest BCUT2D eigenvalue weighted by Gasteiger charge is 2.46. The van der Waals surface area contributed by atoms with E-state index in [4.69, 9.17) is 10.5 Å². The van der Waals surface area contributed by atoms with Crippen molar-refractivity contribution >= 4 is 5.69 Å². The predicted octanol–water partition coefficient (Wildman–Crippen LogP) is 2.80. The number of anilines is 1. The van der Waals surface area contributed by atoms with E-state index >= 15 is 0 Å². The van der Waals surface area contributed by atoms with Crippen molar-refractivity contribution in [3.8, 4) is 0 Å². The number of rotatable bonds is 4. The molecule has 3 rings (SSSR count). The lowest BCUT2D eigenvalue weighted by molar-refractivity contribution is -0.0524. The van der Waals surface area contributed by atoms with Gasteiger partial charge in [0.05, 0.1) is 5.60 Å². The fourth-order valence-corrected chi connectivity index (χ4v) is 3.56. The summed E-state index contributed by atoms with van der Waals surface area (Å²) in [5.41, 5.74) is 8.52. The largest absolute Gasteiger partial charge is 0.399 e. The van der Waals surface area contributed by atoms with Crippen molar-refractivity contribution in [1.82, 2.24) is 4.90 Å². The van der Waals surface area contributed by atoms with E-state index in [2.05, 4.69) is 24.0 Å². The van der Waals surface area contributed by atoms with E-state index in [9.17, 15) is 0 Å². The van der Waals surface area contributed by atoms with Crippen molar-refractivity contribution in [3.63, 3.8) is 0 Å². The minimum absolute atomic E-state index is 0.0371. The Morgan fingerprint density at radius 2 is 1.90 bits per heavy atom. The first kappa shape index (κ1) is 13.9. The number of benzene rings is 1. The van der Waals surface area contributed by atoms with Gasteiger partial charge in [-0.25, -0.2) is 0 Å². The van der Waals surface area contributed by atoms with E-state index in [1.807, 2.05) is 19.2 Å². The fraction of sp³-hybridized carbons (Fsp3) is 0.647. The third-order valence-corrected chi connectivity index (χ3v) is 5.13. The Bertz CT molecular complexity index is 466. The molecule has 1 saturated heterocycles. The van der Waals surface area contributed by atoms with Crippen molar-refractivity contribution in [2.24, 2.45) is 0 Å². The molecule has 2 fully saturated rings. The summed E-state index contributed by atoms with van der Waals surface area (Å²) >= 11 is 0. The highest BCUT2D eigenvalue weighted by atomic mass is 16.5. The quantitative estimate of drug-likeness (QED) is 0.858. The molecule has 1 aromatic rings. The van der Waals surface area contributed by atoms with Crippen LogP contribution in [0.3, 0.4) is 0 Å². The van der Waals surface area contributed by atoms with Crippen LogP contribution in [0.5, 0.6) is 0 Å². The Hall–Kier alpha value is -1.06. The first-order valence-corrected chi connectivity index (χ1v) is 7.69. The van der Waals surface area contributed by atoms with Gasteiger partial charge in [-0.05, 0) is 56.8 Å². The van der Waals surface area contributed by atoms with Crippen molar-refractivity contribution in [1.29, 1.82) is 0 Å². The zero-order valence-corrected chi connectivity index (χ0v) is 12.7. The minimum Gasteiger partial charge on any atom is -0.399 e. The molecule has 0 aromatic heterocycles. The molecule has 2 aliphatic rings. The van der Waals surface area contributed by atoms with Crippen LogP contribution < -0.4 is 5.73 Å². The van der Waals surface area contributed by atoms with Gasteiger partial charge >= 0.3 is 0 Å². The summed E-state index contributed by atoms with van der Waals surface area (Å²) in [6.07, 6.45) is 5.02. The Morgan fingerprint density at radius 1 is 1.20 bits per heavy atom. The number of ether oxygens (including phenoxy) is 1. The molecule has 1 aliphatic carbocycles. The summed E-state index contributed by atoms with van der Waals surface area (Å²) in [7, 11) is 1.84. The van der Waals surface area contributed by atoms with Crippen LogP contribution in [0.4, 0.5) is 5.69 Å². The lowest BCUT2D eigenvalue weighted by Gasteiger charge is -2.41. The van der Waals surface area contributed by atoms with Gasteiger partial charge in [-0.2, -0.15) is 0 Å². The van der Waals surface area contributed by atoms with E-state index in [1.54, 1.807) is 0 Å². The van der Waals surface area contributed by atoms with Gasteiger partial charge in [0.25, 0.3) is 0 Å². The van der Waals surface area contributed by atoms with Crippen molar-refractivity contribution in [2.75, 3.05) is 32.5 Å². The van der Waals surface area contributed by atoms with Crippen LogP contribution in [0.15, 0.2) is 24.3 Å². The van der Waals surface area contributed by atoms with Gasteiger partial charge in [0, 0.05) is 31.3 Å². The molecule has 0 amide bonds. The van der Waals surface area contributed by atoms with Crippen LogP contribution in [0, 0.1) is 0 Å². The molecule has 0 spiro atoms. The molecular formula is C17H26N2O. The molecule has 1 saturated carbocycles. The fourth-order valence-electron chi connectivity index (χ4n) is 3.56. The Kier molecular flexibility index (Phi) is 3.51. The van der Waals surface area contributed by atoms with E-state index in [0.717, 1.165) is 18.8 Å². The topological polar surface area (TPSA) is 38.5 Å². The second-order valence-electron chi connectivity index (χ2n) is 6.87. The van der Waals surface area contributed by atoms with Gasteiger partial charge in [0.2, 0.25) is 0 Å². The third kappa shape index (κ3) is 2.70. The average Bonchev–Trinajstić information content (AvgIpc) is 3.20. The number of piperidine rings is 1. The van der Waals surface area contributed by atoms with Crippen LogP contribution in [-0.4, -0.2) is 37.2 Å². The summed E-state index contributed by atoms with van der Waals surface area (Å²) in [6, 6.07) is 8.49. The third-order valence-electron chi connectivity index (χ3n) is 5.13. The minimum atomic E-state index is 0.0371. The molecule has 1 atom stereocenters. The van der Waals surface area contributed by atoms with E-state index < -0.39 is 0 Å². The molecule has 0 radical (unpaired) electrons. The molecule has 1 aromatic carbocycles. The summed E-state index contributed by atoms with van der Waals surface area (Å²) < 4.78 is 5.71. The Morgan fingerprint density at radius 3 is 2.50 bits per heavy atom. The van der Waals surface area contributed by atoms with Crippen LogP contribution in [0.1, 0.15) is 38.2 Å². The number of hydrogen-bond donors (Lipinski definition) is 1. The van der Waals surface area contributed by atoms with Crippen molar-refractivity contribution in [2.45, 2.75) is 43.6 Å². The lowest BCUT2D eigenvalue weighted by Crippen LogP contribution is -2.49. The molecular weight excluding hydrogens is 248 g/mol. The summed E-state index contributed by atoms with van der Waals surface area (Å²) in [6.45, 7) is 5.66. The van der Waals surface area contributed by atoms with E-state index in [-0.39, 0.29) is 5.60 Å². The van der Waals surface area contributed by atoms with Gasteiger partial charge in [-0.1, -0.05) is 12.1 Å². The standard InChI is InChI=1S/C17H26N2O/c1-16(20-2)8-3-11-19(12-16)13-17(9-10-17)14-4-6-15(18)7-5-14/h4-7H,3,8-13,18H2,1-2H3. The van der Waals surface area contributed by atoms with Crippen LogP contribution in [0.2, 0.25) is 0 Å². The van der Waals surface area contributed by atoms with Crippen LogP contribution in [0.25, 0.3) is 0 Å². The molecule has 1 aliphatic heterocycles. The molecule has 3 nitrogen and oxygen atoms in total. The molecule has 0 bridgehead atoms. The SMILES string of the molecule is COC1(C)CCCN(CC2(c3ccc(N)cc3)CC2)C1.